The highest BCUT2D eigenvalue weighted by molar-refractivity contribution is 5.90. The van der Waals surface area contributed by atoms with Gasteiger partial charge in [-0.2, -0.15) is 0 Å². The summed E-state index contributed by atoms with van der Waals surface area (Å²) in [5, 5.41) is 1.44. The molecule has 1 fully saturated rings. The standard InChI is InChI=1S/C19H20N2/c1-2-13-5-6-17-16(12-13)15-8-10-20-9-3-4-14-7-11-21(17)19(15)18(14)20/h2,5-7,11-12,14,18H,1,3-4,8-10H2. The molecule has 2 heteroatoms. The average Bonchev–Trinajstić information content (AvgIpc) is 2.87. The van der Waals surface area contributed by atoms with E-state index in [9.17, 15) is 0 Å². The summed E-state index contributed by atoms with van der Waals surface area (Å²) in [4.78, 5) is 2.71. The van der Waals surface area contributed by atoms with Crippen LogP contribution in [0.15, 0.2) is 30.9 Å². The molecule has 21 heavy (non-hydrogen) atoms. The Labute approximate surface area is 125 Å². The third-order valence-corrected chi connectivity index (χ3v) is 5.60. The van der Waals surface area contributed by atoms with Gasteiger partial charge in [-0.15, -0.1) is 0 Å². The van der Waals surface area contributed by atoms with Crippen LogP contribution in [0.25, 0.3) is 23.2 Å². The largest absolute Gasteiger partial charge is 0.319 e. The maximum atomic E-state index is 3.92. The minimum Gasteiger partial charge on any atom is -0.319 e. The molecule has 0 amide bonds. The van der Waals surface area contributed by atoms with Crippen LogP contribution in [0.5, 0.6) is 0 Å². The third-order valence-electron chi connectivity index (χ3n) is 5.60. The third kappa shape index (κ3) is 1.46. The van der Waals surface area contributed by atoms with E-state index >= 15 is 0 Å². The summed E-state index contributed by atoms with van der Waals surface area (Å²) >= 11 is 0. The molecular weight excluding hydrogens is 256 g/mol. The summed E-state index contributed by atoms with van der Waals surface area (Å²) in [7, 11) is 0. The van der Waals surface area contributed by atoms with Gasteiger partial charge in [0.2, 0.25) is 0 Å². The maximum Gasteiger partial charge on any atom is 0.0571 e. The van der Waals surface area contributed by atoms with E-state index in [4.69, 9.17) is 0 Å². The Balaban J connectivity index is 1.83. The highest BCUT2D eigenvalue weighted by Gasteiger charge is 2.40. The van der Waals surface area contributed by atoms with Crippen molar-refractivity contribution in [2.75, 3.05) is 13.1 Å². The van der Waals surface area contributed by atoms with Crippen molar-refractivity contribution in [3.8, 4) is 0 Å². The molecule has 1 saturated heterocycles. The molecule has 0 saturated carbocycles. The molecule has 0 radical (unpaired) electrons. The molecule has 0 spiro atoms. The molecule has 106 valence electrons. The van der Waals surface area contributed by atoms with Gasteiger partial charge in [-0.3, -0.25) is 4.90 Å². The van der Waals surface area contributed by atoms with Crippen LogP contribution in [0.4, 0.5) is 0 Å². The molecule has 4 heterocycles. The summed E-state index contributed by atoms with van der Waals surface area (Å²) in [6.45, 7) is 6.41. The number of rotatable bonds is 1. The molecule has 5 rings (SSSR count). The molecule has 1 aromatic carbocycles. The zero-order chi connectivity index (χ0) is 14.0. The predicted molar refractivity (Wildman–Crippen MR) is 88.1 cm³/mol. The van der Waals surface area contributed by atoms with E-state index in [1.54, 1.807) is 11.3 Å². The van der Waals surface area contributed by atoms with Crippen molar-refractivity contribution in [1.82, 2.24) is 9.47 Å². The van der Waals surface area contributed by atoms with Crippen LogP contribution in [0, 0.1) is 5.92 Å². The molecule has 2 aromatic rings. The summed E-state index contributed by atoms with van der Waals surface area (Å²) in [6, 6.07) is 7.39. The van der Waals surface area contributed by atoms with Crippen LogP contribution in [0.3, 0.4) is 0 Å². The van der Waals surface area contributed by atoms with Gasteiger partial charge in [-0.05, 0) is 55.0 Å². The quantitative estimate of drug-likeness (QED) is 0.762. The van der Waals surface area contributed by atoms with Crippen LogP contribution < -0.4 is 0 Å². The van der Waals surface area contributed by atoms with Crippen molar-refractivity contribution >= 4 is 23.2 Å². The van der Waals surface area contributed by atoms with Crippen molar-refractivity contribution in [2.24, 2.45) is 5.92 Å². The number of hydrogen-bond acceptors (Lipinski definition) is 1. The van der Waals surface area contributed by atoms with E-state index in [0.717, 1.165) is 0 Å². The number of aromatic nitrogens is 1. The van der Waals surface area contributed by atoms with Crippen LogP contribution in [-0.2, 0) is 6.42 Å². The van der Waals surface area contributed by atoms with Crippen molar-refractivity contribution in [3.05, 3.63) is 47.7 Å². The summed E-state index contributed by atoms with van der Waals surface area (Å²) < 4.78 is 2.45. The molecule has 2 nitrogen and oxygen atoms in total. The number of hydrogen-bond donors (Lipinski definition) is 0. The minimum atomic E-state index is 0.618. The lowest BCUT2D eigenvalue weighted by Gasteiger charge is -2.45. The van der Waals surface area contributed by atoms with Crippen LogP contribution in [0.1, 0.15) is 35.7 Å². The lowest BCUT2D eigenvalue weighted by molar-refractivity contribution is 0.0982. The van der Waals surface area contributed by atoms with E-state index in [1.807, 2.05) is 6.08 Å². The van der Waals surface area contributed by atoms with Gasteiger partial charge < -0.3 is 4.57 Å². The zero-order valence-electron chi connectivity index (χ0n) is 12.3. The molecular formula is C19H20N2. The minimum absolute atomic E-state index is 0.618. The molecule has 1 aromatic heterocycles. The second kappa shape index (κ2) is 4.11. The van der Waals surface area contributed by atoms with Crippen LogP contribution >= 0.6 is 0 Å². The molecule has 0 N–H and O–H groups in total. The Morgan fingerprint density at radius 1 is 1.24 bits per heavy atom. The van der Waals surface area contributed by atoms with Crippen molar-refractivity contribution in [2.45, 2.75) is 25.3 Å². The second-order valence-electron chi connectivity index (χ2n) is 6.59. The highest BCUT2D eigenvalue weighted by atomic mass is 15.2. The van der Waals surface area contributed by atoms with Crippen molar-refractivity contribution < 1.29 is 0 Å². The number of fused-ring (bicyclic) bond motifs is 3. The molecule has 2 atom stereocenters. The van der Waals surface area contributed by atoms with Gasteiger partial charge in [0.1, 0.15) is 0 Å². The van der Waals surface area contributed by atoms with Crippen LogP contribution in [-0.4, -0.2) is 22.6 Å². The van der Waals surface area contributed by atoms with Crippen LogP contribution in [0.2, 0.25) is 0 Å². The smallest absolute Gasteiger partial charge is 0.0571 e. The summed E-state index contributed by atoms with van der Waals surface area (Å²) in [5.74, 6) is 0.716. The monoisotopic (exact) mass is 276 g/mol. The lowest BCUT2D eigenvalue weighted by Crippen LogP contribution is -2.44. The Bertz CT molecular complexity index is 780. The van der Waals surface area contributed by atoms with Gasteiger partial charge in [-0.25, -0.2) is 0 Å². The van der Waals surface area contributed by atoms with Crippen molar-refractivity contribution in [3.63, 3.8) is 0 Å². The molecule has 3 aliphatic heterocycles. The Morgan fingerprint density at radius 3 is 3.10 bits per heavy atom. The Kier molecular flexibility index (Phi) is 2.31. The molecule has 2 unspecified atom stereocenters. The Morgan fingerprint density at radius 2 is 2.19 bits per heavy atom. The average molecular weight is 276 g/mol. The zero-order valence-corrected chi connectivity index (χ0v) is 12.3. The Hall–Kier alpha value is -1.80. The first kappa shape index (κ1) is 11.8. The van der Waals surface area contributed by atoms with E-state index in [2.05, 4.69) is 46.5 Å². The van der Waals surface area contributed by atoms with Gasteiger partial charge >= 0.3 is 0 Å². The van der Waals surface area contributed by atoms with E-state index in [0.29, 0.717) is 12.0 Å². The van der Waals surface area contributed by atoms with E-state index in [1.165, 1.54) is 48.8 Å². The van der Waals surface area contributed by atoms with Crippen molar-refractivity contribution in [1.29, 1.82) is 0 Å². The van der Waals surface area contributed by atoms with Gasteiger partial charge in [-0.1, -0.05) is 24.8 Å². The molecule has 0 bridgehead atoms. The topological polar surface area (TPSA) is 8.17 Å². The van der Waals surface area contributed by atoms with Gasteiger partial charge in [0.05, 0.1) is 11.6 Å². The first-order valence-electron chi connectivity index (χ1n) is 8.08. The van der Waals surface area contributed by atoms with E-state index in [-0.39, 0.29) is 0 Å². The summed E-state index contributed by atoms with van der Waals surface area (Å²) in [5.41, 5.74) is 5.76. The van der Waals surface area contributed by atoms with E-state index < -0.39 is 0 Å². The normalized spacial score (nSPS) is 26.9. The SMILES string of the molecule is C=Cc1ccc2c(c1)c1c3n2C=CC2CCCN(CC1)C32. The maximum absolute atomic E-state index is 3.92. The first-order chi connectivity index (χ1) is 10.4. The first-order valence-corrected chi connectivity index (χ1v) is 8.08. The second-order valence-corrected chi connectivity index (χ2v) is 6.59. The summed E-state index contributed by atoms with van der Waals surface area (Å²) in [6.07, 6.45) is 10.6. The lowest BCUT2D eigenvalue weighted by atomic mass is 9.81. The number of benzene rings is 1. The number of piperidine rings is 1. The van der Waals surface area contributed by atoms with Gasteiger partial charge in [0.25, 0.3) is 0 Å². The fourth-order valence-electron chi connectivity index (χ4n) is 4.67. The van der Waals surface area contributed by atoms with Gasteiger partial charge in [0.15, 0.2) is 0 Å². The number of nitrogens with zero attached hydrogens (tertiary/aromatic N) is 2. The molecule has 0 aliphatic carbocycles. The molecule has 3 aliphatic rings. The highest BCUT2D eigenvalue weighted by Crippen LogP contribution is 2.47. The predicted octanol–water partition coefficient (Wildman–Crippen LogP) is 4.08. The van der Waals surface area contributed by atoms with Gasteiger partial charge in [0, 0.05) is 23.8 Å². The fraction of sp³-hybridized carbons (Fsp3) is 0.368. The fourth-order valence-corrected chi connectivity index (χ4v) is 4.67.